The maximum Gasteiger partial charge on any atom is 0.134 e. The van der Waals surface area contributed by atoms with Crippen molar-refractivity contribution in [1.29, 1.82) is 0 Å². The van der Waals surface area contributed by atoms with Crippen molar-refractivity contribution in [1.82, 2.24) is 19.5 Å². The first-order valence-electron chi connectivity index (χ1n) is 9.92. The third-order valence-corrected chi connectivity index (χ3v) is 5.52. The number of H-pyrrole nitrogens is 1. The highest BCUT2D eigenvalue weighted by atomic mass is 32.2. The quantitative estimate of drug-likeness (QED) is 0.321. The Morgan fingerprint density at radius 3 is 2.58 bits per heavy atom. The first-order valence-corrected chi connectivity index (χ1v) is 10.7. The monoisotopic (exact) mass is 427 g/mol. The van der Waals surface area contributed by atoms with Gasteiger partial charge < -0.3 is 19.0 Å². The molecule has 2 aromatic heterocycles. The summed E-state index contributed by atoms with van der Waals surface area (Å²) in [6.07, 6.45) is 4.49. The fraction of sp³-hybridized carbons (Fsp3) is 0.0833. The zero-order valence-corrected chi connectivity index (χ0v) is 17.8. The molecule has 6 nitrogen and oxygen atoms in total. The summed E-state index contributed by atoms with van der Waals surface area (Å²) >= 11 is 1.49. The Morgan fingerprint density at radius 2 is 1.81 bits per heavy atom. The number of benzene rings is 3. The molecule has 0 unspecified atom stereocenters. The van der Waals surface area contributed by atoms with Gasteiger partial charge in [-0.3, -0.25) is 0 Å². The minimum atomic E-state index is 0.728. The Morgan fingerprint density at radius 1 is 1.00 bits per heavy atom. The van der Waals surface area contributed by atoms with Crippen LogP contribution in [-0.4, -0.2) is 19.5 Å². The van der Waals surface area contributed by atoms with Gasteiger partial charge in [0.05, 0.1) is 17.4 Å². The van der Waals surface area contributed by atoms with Crippen LogP contribution in [0.4, 0.5) is 5.69 Å². The van der Waals surface area contributed by atoms with Gasteiger partial charge in [-0.2, -0.15) is 0 Å². The van der Waals surface area contributed by atoms with Gasteiger partial charge in [0.15, 0.2) is 0 Å². The van der Waals surface area contributed by atoms with Crippen LogP contribution in [0.3, 0.4) is 0 Å². The highest BCUT2D eigenvalue weighted by Gasteiger charge is 2.07. The third-order valence-electron chi connectivity index (χ3n) is 4.76. The lowest BCUT2D eigenvalue weighted by molar-refractivity contribution is 0.482. The van der Waals surface area contributed by atoms with Gasteiger partial charge in [-0.05, 0) is 48.0 Å². The van der Waals surface area contributed by atoms with Crippen LogP contribution in [0, 0.1) is 0 Å². The van der Waals surface area contributed by atoms with E-state index in [0.29, 0.717) is 0 Å². The lowest BCUT2D eigenvalue weighted by Gasteiger charge is -2.06. The largest absolute Gasteiger partial charge is 0.457 e. The fourth-order valence-corrected chi connectivity index (χ4v) is 3.92. The van der Waals surface area contributed by atoms with Crippen molar-refractivity contribution < 1.29 is 4.74 Å². The Hall–Kier alpha value is -3.71. The van der Waals surface area contributed by atoms with Crippen molar-refractivity contribution in [3.8, 4) is 11.5 Å². The maximum absolute atomic E-state index is 5.86. The Balaban J connectivity index is 1.25. The lowest BCUT2D eigenvalue weighted by atomic mass is 10.1. The summed E-state index contributed by atoms with van der Waals surface area (Å²) in [5, 5.41) is 0.924. The molecule has 0 aliphatic heterocycles. The number of anilines is 1. The third kappa shape index (κ3) is 4.73. The summed E-state index contributed by atoms with van der Waals surface area (Å²) in [4.78, 5) is 12.5. The number of ether oxygens (including phenoxy) is 1. The number of fused-ring (bicyclic) bond motifs is 1. The average Bonchev–Trinajstić information content (AvgIpc) is 3.39. The van der Waals surface area contributed by atoms with Gasteiger partial charge in [-0.25, -0.2) is 9.97 Å². The van der Waals surface area contributed by atoms with Crippen molar-refractivity contribution in [3.63, 3.8) is 0 Å². The molecule has 154 valence electrons. The van der Waals surface area contributed by atoms with Crippen LogP contribution in [0.5, 0.6) is 11.5 Å². The lowest BCUT2D eigenvalue weighted by Crippen LogP contribution is -1.91. The molecule has 0 amide bonds. The standard InChI is InChI=1S/C24H21N5OS/c1-29-15-24(25-16-29)31-28-18-9-12-21-22(14-18)27-23(26-21)13-17-7-10-20(11-8-17)30-19-5-3-2-4-6-19/h2-12,14-16,28H,13H2,1H3,(H,26,27). The van der Waals surface area contributed by atoms with Gasteiger partial charge in [-0.15, -0.1) is 0 Å². The second-order valence-electron chi connectivity index (χ2n) is 7.23. The predicted octanol–water partition coefficient (Wildman–Crippen LogP) is 5.80. The molecule has 31 heavy (non-hydrogen) atoms. The number of aromatic nitrogens is 4. The van der Waals surface area contributed by atoms with E-state index >= 15 is 0 Å². The molecule has 5 rings (SSSR count). The van der Waals surface area contributed by atoms with Crippen LogP contribution in [0.25, 0.3) is 11.0 Å². The number of aryl methyl sites for hydroxylation is 1. The molecule has 0 atom stereocenters. The van der Waals surface area contributed by atoms with Crippen LogP contribution in [0.15, 0.2) is 90.3 Å². The summed E-state index contributed by atoms with van der Waals surface area (Å²) in [6.45, 7) is 0. The molecule has 0 fully saturated rings. The minimum Gasteiger partial charge on any atom is -0.457 e. The SMILES string of the molecule is Cn1cnc(SNc2ccc3nc(Cc4ccc(Oc5ccccc5)cc4)[nH]c3c2)c1. The fourth-order valence-electron chi connectivity index (χ4n) is 3.26. The second-order valence-corrected chi connectivity index (χ2v) is 8.06. The molecule has 7 heteroatoms. The van der Waals surface area contributed by atoms with Crippen molar-refractivity contribution in [2.75, 3.05) is 4.72 Å². The number of imidazole rings is 2. The summed E-state index contributed by atoms with van der Waals surface area (Å²) in [6, 6.07) is 24.0. The molecule has 0 bridgehead atoms. The Labute approximate surface area is 184 Å². The van der Waals surface area contributed by atoms with Crippen LogP contribution in [0.1, 0.15) is 11.4 Å². The second kappa shape index (κ2) is 8.57. The van der Waals surface area contributed by atoms with Crippen LogP contribution in [-0.2, 0) is 13.5 Å². The van der Waals surface area contributed by atoms with E-state index in [1.165, 1.54) is 17.5 Å². The number of aromatic amines is 1. The van der Waals surface area contributed by atoms with Crippen molar-refractivity contribution in [3.05, 3.63) is 96.7 Å². The molecule has 0 radical (unpaired) electrons. The first-order chi connectivity index (χ1) is 15.2. The highest BCUT2D eigenvalue weighted by molar-refractivity contribution is 8.00. The van der Waals surface area contributed by atoms with E-state index in [1.54, 1.807) is 6.33 Å². The predicted molar refractivity (Wildman–Crippen MR) is 125 cm³/mol. The number of nitrogens with one attached hydrogen (secondary N) is 2. The molecular weight excluding hydrogens is 406 g/mol. The minimum absolute atomic E-state index is 0.728. The van der Waals surface area contributed by atoms with Gasteiger partial charge in [-0.1, -0.05) is 30.3 Å². The van der Waals surface area contributed by atoms with E-state index in [2.05, 4.69) is 32.9 Å². The van der Waals surface area contributed by atoms with Crippen LogP contribution < -0.4 is 9.46 Å². The molecule has 2 N–H and O–H groups in total. The van der Waals surface area contributed by atoms with Gasteiger partial charge in [0.1, 0.15) is 22.3 Å². The van der Waals surface area contributed by atoms with E-state index in [-0.39, 0.29) is 0 Å². The van der Waals surface area contributed by atoms with Gasteiger partial charge in [0.25, 0.3) is 0 Å². The average molecular weight is 428 g/mol. The highest BCUT2D eigenvalue weighted by Crippen LogP contribution is 2.24. The number of hydrogen-bond acceptors (Lipinski definition) is 5. The molecule has 3 aromatic carbocycles. The van der Waals surface area contributed by atoms with Crippen molar-refractivity contribution in [2.24, 2.45) is 7.05 Å². The Kier molecular flexibility index (Phi) is 5.33. The van der Waals surface area contributed by atoms with E-state index in [1.807, 2.05) is 72.4 Å². The molecule has 0 spiro atoms. The maximum atomic E-state index is 5.86. The summed E-state index contributed by atoms with van der Waals surface area (Å²) in [5.74, 6) is 2.58. The van der Waals surface area contributed by atoms with Gasteiger partial charge >= 0.3 is 0 Å². The van der Waals surface area contributed by atoms with Crippen molar-refractivity contribution >= 4 is 28.7 Å². The number of rotatable bonds is 7. The zero-order chi connectivity index (χ0) is 21.0. The number of para-hydroxylation sites is 1. The molecule has 0 saturated heterocycles. The van der Waals surface area contributed by atoms with Gasteiger partial charge in [0, 0.05) is 37.3 Å². The van der Waals surface area contributed by atoms with E-state index < -0.39 is 0 Å². The van der Waals surface area contributed by atoms with E-state index in [9.17, 15) is 0 Å². The summed E-state index contributed by atoms with van der Waals surface area (Å²) in [5.41, 5.74) is 4.13. The molecule has 0 saturated carbocycles. The summed E-state index contributed by atoms with van der Waals surface area (Å²) < 4.78 is 11.1. The van der Waals surface area contributed by atoms with Crippen LogP contribution in [0.2, 0.25) is 0 Å². The van der Waals surface area contributed by atoms with E-state index in [0.717, 1.165) is 45.5 Å². The van der Waals surface area contributed by atoms with Crippen molar-refractivity contribution in [2.45, 2.75) is 11.4 Å². The Bertz CT molecular complexity index is 1290. The van der Waals surface area contributed by atoms with Crippen LogP contribution >= 0.6 is 11.9 Å². The molecular formula is C24H21N5OS. The molecule has 5 aromatic rings. The molecule has 0 aliphatic rings. The molecule has 2 heterocycles. The number of nitrogens with zero attached hydrogens (tertiary/aromatic N) is 3. The number of hydrogen-bond donors (Lipinski definition) is 2. The van der Waals surface area contributed by atoms with Gasteiger partial charge in [0.2, 0.25) is 0 Å². The summed E-state index contributed by atoms with van der Waals surface area (Å²) in [7, 11) is 1.96. The topological polar surface area (TPSA) is 67.8 Å². The van der Waals surface area contributed by atoms with E-state index in [4.69, 9.17) is 9.72 Å². The molecule has 0 aliphatic carbocycles. The first kappa shape index (κ1) is 19.3. The smallest absolute Gasteiger partial charge is 0.134 e. The normalized spacial score (nSPS) is 11.0. The zero-order valence-electron chi connectivity index (χ0n) is 16.9.